The number of methoxy groups -OCH3 is 1. The monoisotopic (exact) mass is 235 g/mol. The third-order valence-electron chi connectivity index (χ3n) is 2.21. The molecule has 0 aliphatic heterocycles. The van der Waals surface area contributed by atoms with Crippen molar-refractivity contribution in [2.24, 2.45) is 0 Å². The van der Waals surface area contributed by atoms with Crippen LogP contribution in [0.2, 0.25) is 0 Å². The SMILES string of the molecule is COc1ccc(Cc2noc([C@H](C)O)n2)cn1. The third-order valence-corrected chi connectivity index (χ3v) is 2.21. The molecule has 0 radical (unpaired) electrons. The van der Waals surface area contributed by atoms with Crippen LogP contribution in [0, 0.1) is 0 Å². The highest BCUT2D eigenvalue weighted by molar-refractivity contribution is 5.20. The standard InChI is InChI=1S/C11H13N3O3/c1-7(15)11-13-9(14-17-11)5-8-3-4-10(16-2)12-6-8/h3-4,6-7,15H,5H2,1-2H3/t7-/m0/s1. The molecule has 2 aromatic heterocycles. The minimum Gasteiger partial charge on any atom is -0.481 e. The maximum absolute atomic E-state index is 9.25. The van der Waals surface area contributed by atoms with Gasteiger partial charge in [-0.15, -0.1) is 0 Å². The summed E-state index contributed by atoms with van der Waals surface area (Å²) in [7, 11) is 1.57. The summed E-state index contributed by atoms with van der Waals surface area (Å²) in [5.41, 5.74) is 0.948. The van der Waals surface area contributed by atoms with E-state index in [4.69, 9.17) is 9.26 Å². The summed E-state index contributed by atoms with van der Waals surface area (Å²) in [5.74, 6) is 1.31. The van der Waals surface area contributed by atoms with Crippen LogP contribution >= 0.6 is 0 Å². The zero-order chi connectivity index (χ0) is 12.3. The van der Waals surface area contributed by atoms with Crippen LogP contribution < -0.4 is 4.74 Å². The molecule has 0 aliphatic carbocycles. The lowest BCUT2D eigenvalue weighted by molar-refractivity contribution is 0.151. The molecule has 0 saturated heterocycles. The number of aliphatic hydroxyl groups is 1. The van der Waals surface area contributed by atoms with E-state index in [1.807, 2.05) is 6.07 Å². The van der Waals surface area contributed by atoms with Crippen LogP contribution in [0.4, 0.5) is 0 Å². The van der Waals surface area contributed by atoms with E-state index >= 15 is 0 Å². The van der Waals surface area contributed by atoms with Crippen LogP contribution in [-0.4, -0.2) is 27.3 Å². The molecule has 6 heteroatoms. The molecule has 0 spiro atoms. The van der Waals surface area contributed by atoms with Crippen molar-refractivity contribution in [1.29, 1.82) is 0 Å². The van der Waals surface area contributed by atoms with Gasteiger partial charge in [0.2, 0.25) is 5.88 Å². The lowest BCUT2D eigenvalue weighted by atomic mass is 10.2. The van der Waals surface area contributed by atoms with Crippen molar-refractivity contribution in [3.63, 3.8) is 0 Å². The molecule has 0 unspecified atom stereocenters. The highest BCUT2D eigenvalue weighted by Gasteiger charge is 2.11. The molecule has 6 nitrogen and oxygen atoms in total. The lowest BCUT2D eigenvalue weighted by Gasteiger charge is -1.99. The van der Waals surface area contributed by atoms with Crippen LogP contribution in [0.25, 0.3) is 0 Å². The van der Waals surface area contributed by atoms with Crippen molar-refractivity contribution in [3.8, 4) is 5.88 Å². The topological polar surface area (TPSA) is 81.3 Å². The minimum atomic E-state index is -0.745. The van der Waals surface area contributed by atoms with Crippen LogP contribution in [-0.2, 0) is 6.42 Å². The van der Waals surface area contributed by atoms with Crippen molar-refractivity contribution in [1.82, 2.24) is 15.1 Å². The number of hydrogen-bond donors (Lipinski definition) is 1. The Morgan fingerprint density at radius 3 is 2.82 bits per heavy atom. The number of ether oxygens (including phenoxy) is 1. The summed E-state index contributed by atoms with van der Waals surface area (Å²) >= 11 is 0. The molecule has 2 heterocycles. The van der Waals surface area contributed by atoms with Gasteiger partial charge >= 0.3 is 0 Å². The largest absolute Gasteiger partial charge is 0.481 e. The Kier molecular flexibility index (Phi) is 3.34. The van der Waals surface area contributed by atoms with E-state index in [9.17, 15) is 5.11 Å². The second kappa shape index (κ2) is 4.92. The predicted octanol–water partition coefficient (Wildman–Crippen LogP) is 1.12. The summed E-state index contributed by atoms with van der Waals surface area (Å²) in [6.45, 7) is 1.58. The van der Waals surface area contributed by atoms with Gasteiger partial charge in [0, 0.05) is 18.7 Å². The number of hydrogen-bond acceptors (Lipinski definition) is 6. The highest BCUT2D eigenvalue weighted by Crippen LogP contribution is 2.12. The Hall–Kier alpha value is -1.95. The summed E-state index contributed by atoms with van der Waals surface area (Å²) in [4.78, 5) is 8.14. The normalized spacial score (nSPS) is 12.4. The molecule has 2 rings (SSSR count). The molecule has 0 aliphatic rings. The fraction of sp³-hybridized carbons (Fsp3) is 0.364. The molecule has 0 saturated carbocycles. The van der Waals surface area contributed by atoms with Gasteiger partial charge < -0.3 is 14.4 Å². The summed E-state index contributed by atoms with van der Waals surface area (Å²) in [6.07, 6.45) is 1.45. The van der Waals surface area contributed by atoms with Gasteiger partial charge in [-0.05, 0) is 12.5 Å². The van der Waals surface area contributed by atoms with Crippen LogP contribution in [0.1, 0.15) is 30.3 Å². The van der Waals surface area contributed by atoms with E-state index in [2.05, 4.69) is 15.1 Å². The molecule has 0 bridgehead atoms. The predicted molar refractivity (Wildman–Crippen MR) is 58.5 cm³/mol. The molecule has 1 atom stereocenters. The number of pyridine rings is 1. The zero-order valence-electron chi connectivity index (χ0n) is 9.62. The van der Waals surface area contributed by atoms with Gasteiger partial charge in [0.25, 0.3) is 5.89 Å². The Balaban J connectivity index is 2.08. The molecule has 90 valence electrons. The fourth-order valence-corrected chi connectivity index (χ4v) is 1.33. The van der Waals surface area contributed by atoms with Crippen molar-refractivity contribution in [2.45, 2.75) is 19.4 Å². The van der Waals surface area contributed by atoms with Gasteiger partial charge in [0.15, 0.2) is 5.82 Å². The average Bonchev–Trinajstić information content (AvgIpc) is 2.79. The van der Waals surface area contributed by atoms with E-state index in [0.717, 1.165) is 5.56 Å². The second-order valence-electron chi connectivity index (χ2n) is 3.61. The van der Waals surface area contributed by atoms with E-state index in [1.54, 1.807) is 26.3 Å². The van der Waals surface area contributed by atoms with Crippen LogP contribution in [0.15, 0.2) is 22.9 Å². The Labute approximate surface area is 98.3 Å². The number of aliphatic hydroxyl groups excluding tert-OH is 1. The third kappa shape index (κ3) is 2.79. The number of rotatable bonds is 4. The van der Waals surface area contributed by atoms with Crippen molar-refractivity contribution < 1.29 is 14.4 Å². The highest BCUT2D eigenvalue weighted by atomic mass is 16.5. The van der Waals surface area contributed by atoms with Gasteiger partial charge in [0.05, 0.1) is 7.11 Å². The molecule has 0 amide bonds. The van der Waals surface area contributed by atoms with E-state index in [1.165, 1.54) is 0 Å². The Morgan fingerprint density at radius 1 is 1.47 bits per heavy atom. The van der Waals surface area contributed by atoms with Gasteiger partial charge in [-0.1, -0.05) is 11.2 Å². The fourth-order valence-electron chi connectivity index (χ4n) is 1.33. The second-order valence-corrected chi connectivity index (χ2v) is 3.61. The first kappa shape index (κ1) is 11.5. The first-order valence-electron chi connectivity index (χ1n) is 5.18. The first-order chi connectivity index (χ1) is 8.19. The molecular weight excluding hydrogens is 222 g/mol. The maximum atomic E-state index is 9.25. The van der Waals surface area contributed by atoms with Gasteiger partial charge in [-0.3, -0.25) is 0 Å². The van der Waals surface area contributed by atoms with Crippen LogP contribution in [0.5, 0.6) is 5.88 Å². The summed E-state index contributed by atoms with van der Waals surface area (Å²) in [5, 5.41) is 13.0. The van der Waals surface area contributed by atoms with Gasteiger partial charge in [-0.2, -0.15) is 4.98 Å². The zero-order valence-corrected chi connectivity index (χ0v) is 9.62. The smallest absolute Gasteiger partial charge is 0.255 e. The Bertz CT molecular complexity index is 479. The van der Waals surface area contributed by atoms with Crippen molar-refractivity contribution in [3.05, 3.63) is 35.6 Å². The lowest BCUT2D eigenvalue weighted by Crippen LogP contribution is -1.95. The molecule has 17 heavy (non-hydrogen) atoms. The van der Waals surface area contributed by atoms with Crippen LogP contribution in [0.3, 0.4) is 0 Å². The summed E-state index contributed by atoms with van der Waals surface area (Å²) < 4.78 is 9.85. The number of aromatic nitrogens is 3. The quantitative estimate of drug-likeness (QED) is 0.855. The molecule has 2 aromatic rings. The average molecular weight is 235 g/mol. The minimum absolute atomic E-state index is 0.224. The van der Waals surface area contributed by atoms with E-state index in [0.29, 0.717) is 18.1 Å². The maximum Gasteiger partial charge on any atom is 0.255 e. The van der Waals surface area contributed by atoms with Crippen molar-refractivity contribution in [2.75, 3.05) is 7.11 Å². The summed E-state index contributed by atoms with van der Waals surface area (Å²) in [6, 6.07) is 3.65. The van der Waals surface area contributed by atoms with Gasteiger partial charge in [0.1, 0.15) is 6.10 Å². The number of nitrogens with zero attached hydrogens (tertiary/aromatic N) is 3. The molecule has 0 aromatic carbocycles. The molecule has 0 fully saturated rings. The van der Waals surface area contributed by atoms with E-state index in [-0.39, 0.29) is 5.89 Å². The van der Waals surface area contributed by atoms with E-state index < -0.39 is 6.10 Å². The van der Waals surface area contributed by atoms with Gasteiger partial charge in [-0.25, -0.2) is 4.98 Å². The first-order valence-corrected chi connectivity index (χ1v) is 5.18. The molecular formula is C11H13N3O3. The molecule has 1 N–H and O–H groups in total. The van der Waals surface area contributed by atoms with Crippen molar-refractivity contribution >= 4 is 0 Å². The Morgan fingerprint density at radius 2 is 2.29 bits per heavy atom.